The average molecular weight is 467 g/mol. The van der Waals surface area contributed by atoms with Crippen molar-refractivity contribution < 1.29 is 34.9 Å². The number of amides is 4. The number of carbonyl (C=O) groups is 4. The van der Waals surface area contributed by atoms with Crippen molar-refractivity contribution in [2.45, 2.75) is 37.9 Å². The van der Waals surface area contributed by atoms with Crippen molar-refractivity contribution in [3.05, 3.63) is 69.6 Å². The smallest absolute Gasteiger partial charge is 0.346 e. The molecule has 0 aliphatic carbocycles. The van der Waals surface area contributed by atoms with Gasteiger partial charge < -0.3 is 10.2 Å². The maximum atomic E-state index is 15.0. The van der Waals surface area contributed by atoms with E-state index in [9.17, 15) is 19.2 Å². The van der Waals surface area contributed by atoms with Crippen LogP contribution >= 0.6 is 11.6 Å². The van der Waals surface area contributed by atoms with Gasteiger partial charge in [0.25, 0.3) is 11.8 Å². The zero-order valence-electron chi connectivity index (χ0n) is 21.3. The van der Waals surface area contributed by atoms with E-state index in [0.29, 0.717) is 5.56 Å². The molecule has 4 amide bonds. The van der Waals surface area contributed by atoms with Crippen LogP contribution in [-0.4, -0.2) is 34.6 Å². The number of alkyl halides is 2. The van der Waals surface area contributed by atoms with Crippen LogP contribution in [0.3, 0.4) is 0 Å². The SMILES string of the molecule is [2H]c1c([2H])c(C(F)(F)C(=O)N([2H])Cc2ccc3c(c2)CN(C2CCC(=O)NC2=O)C3=O)c([2H])c([2H])c1Cl. The normalized spacial score (nSPS) is 20.6. The summed E-state index contributed by atoms with van der Waals surface area (Å²) < 4.78 is 68.7. The second-order valence-electron chi connectivity index (χ2n) is 7.28. The highest BCUT2D eigenvalue weighted by Crippen LogP contribution is 2.30. The Kier molecular flexibility index (Phi) is 4.24. The number of nitrogens with one attached hydrogen (secondary N) is 2. The van der Waals surface area contributed by atoms with E-state index in [-0.39, 0.29) is 35.8 Å². The molecule has 32 heavy (non-hydrogen) atoms. The molecule has 0 saturated carbocycles. The molecule has 2 aliphatic rings. The van der Waals surface area contributed by atoms with E-state index in [1.54, 1.807) is 0 Å². The fourth-order valence-corrected chi connectivity index (χ4v) is 3.64. The van der Waals surface area contributed by atoms with Crippen LogP contribution in [0.2, 0.25) is 6.43 Å². The minimum Gasteiger partial charge on any atom is -0.346 e. The van der Waals surface area contributed by atoms with Gasteiger partial charge in [0.05, 0.1) is 5.48 Å². The van der Waals surface area contributed by atoms with Gasteiger partial charge in [0.2, 0.25) is 11.8 Å². The topological polar surface area (TPSA) is 95.6 Å². The average Bonchev–Trinajstić information content (AvgIpc) is 3.16. The first-order valence-electron chi connectivity index (χ1n) is 11.9. The van der Waals surface area contributed by atoms with Crippen LogP contribution in [0.25, 0.3) is 0 Å². The van der Waals surface area contributed by atoms with E-state index in [2.05, 4.69) is 5.32 Å². The predicted molar refractivity (Wildman–Crippen MR) is 110 cm³/mol. The molecule has 7 nitrogen and oxygen atoms in total. The van der Waals surface area contributed by atoms with E-state index in [1.807, 2.05) is 0 Å². The van der Waals surface area contributed by atoms with Gasteiger partial charge in [0.15, 0.2) is 1.41 Å². The van der Waals surface area contributed by atoms with Gasteiger partial charge in [-0.25, -0.2) is 0 Å². The molecule has 166 valence electrons. The second-order valence-corrected chi connectivity index (χ2v) is 7.65. The van der Waals surface area contributed by atoms with Crippen LogP contribution in [0.5, 0.6) is 0 Å². The molecule has 2 aliphatic heterocycles. The Morgan fingerprint density at radius 3 is 2.69 bits per heavy atom. The summed E-state index contributed by atoms with van der Waals surface area (Å²) in [6, 6.07) is -0.937. The highest BCUT2D eigenvalue weighted by Gasteiger charge is 2.41. The summed E-state index contributed by atoms with van der Waals surface area (Å²) >= 11 is 5.63. The molecular weight excluding hydrogens is 444 g/mol. The first kappa shape index (κ1) is 16.3. The maximum Gasteiger partial charge on any atom is 0.349 e. The molecular formula is C22H18ClF2N3O4. The Balaban J connectivity index is 1.54. The molecule has 0 spiro atoms. The third-order valence-electron chi connectivity index (χ3n) is 5.17. The lowest BCUT2D eigenvalue weighted by atomic mass is 10.0. The Hall–Kier alpha value is -3.33. The molecule has 0 radical (unpaired) electrons. The molecule has 2 heterocycles. The van der Waals surface area contributed by atoms with Gasteiger partial charge in [-0.05, 0) is 35.7 Å². The molecule has 1 atom stereocenters. The Bertz CT molecular complexity index is 1350. The number of piperidine rings is 1. The predicted octanol–water partition coefficient (Wildman–Crippen LogP) is 2.51. The van der Waals surface area contributed by atoms with E-state index >= 15 is 8.78 Å². The van der Waals surface area contributed by atoms with Gasteiger partial charge in [-0.2, -0.15) is 8.78 Å². The van der Waals surface area contributed by atoms with Gasteiger partial charge >= 0.3 is 5.92 Å². The molecule has 2 aromatic carbocycles. The number of imide groups is 1. The lowest BCUT2D eigenvalue weighted by Crippen LogP contribution is -2.52. The fourth-order valence-electron chi connectivity index (χ4n) is 3.55. The summed E-state index contributed by atoms with van der Waals surface area (Å²) in [4.78, 5) is 50.2. The first-order valence-corrected chi connectivity index (χ1v) is 9.84. The Labute approximate surface area is 193 Å². The zero-order valence-corrected chi connectivity index (χ0v) is 17.1. The van der Waals surface area contributed by atoms with Crippen molar-refractivity contribution >= 4 is 35.2 Å². The number of rotatable bonds is 5. The lowest BCUT2D eigenvalue weighted by molar-refractivity contribution is -0.147. The highest BCUT2D eigenvalue weighted by atomic mass is 35.5. The van der Waals surface area contributed by atoms with Gasteiger partial charge in [-0.3, -0.25) is 24.5 Å². The van der Waals surface area contributed by atoms with Gasteiger partial charge in [0, 0.05) is 35.7 Å². The number of fused-ring (bicyclic) bond motifs is 1. The van der Waals surface area contributed by atoms with Crippen molar-refractivity contribution in [2.24, 2.45) is 0 Å². The standard InChI is InChI=1S/C22H18ClF2N3O4/c23-15-4-2-14(3-5-15)22(24,25)21(32)26-10-12-1-6-16-13(9-12)11-28(20(16)31)17-7-8-18(29)27-19(17)30/h1-6,9,17H,7-8,10-11H2,(H,26,32)(H,27,29,30)/i2D,3D,4D,5D/hD. The van der Waals surface area contributed by atoms with E-state index in [4.69, 9.17) is 18.5 Å². The van der Waals surface area contributed by atoms with Crippen LogP contribution in [0.15, 0.2) is 42.4 Å². The van der Waals surface area contributed by atoms with Crippen LogP contribution in [-0.2, 0) is 33.4 Å². The van der Waals surface area contributed by atoms with Gasteiger partial charge in [-0.15, -0.1) is 0 Å². The number of benzene rings is 2. The summed E-state index contributed by atoms with van der Waals surface area (Å²) in [6.07, 6.45) is 0.227. The van der Waals surface area contributed by atoms with Crippen molar-refractivity contribution in [2.75, 3.05) is 0 Å². The number of hydrogen-bond donors (Lipinski definition) is 2. The molecule has 0 bridgehead atoms. The van der Waals surface area contributed by atoms with Crippen molar-refractivity contribution in [3.8, 4) is 0 Å². The lowest BCUT2D eigenvalue weighted by Gasteiger charge is -2.29. The number of carbonyl (C=O) groups excluding carboxylic acids is 4. The van der Waals surface area contributed by atoms with Crippen LogP contribution in [0.1, 0.15) is 45.4 Å². The quantitative estimate of drug-likeness (QED) is 0.662. The highest BCUT2D eigenvalue weighted by molar-refractivity contribution is 6.30. The third kappa shape index (κ3) is 4.08. The molecule has 1 fully saturated rings. The maximum absolute atomic E-state index is 15.0. The van der Waals surface area contributed by atoms with Gasteiger partial charge in [-0.1, -0.05) is 35.8 Å². The number of halogens is 3. The summed E-state index contributed by atoms with van der Waals surface area (Å²) in [5.41, 5.74) is -0.580. The molecule has 0 aromatic heterocycles. The molecule has 1 unspecified atom stereocenters. The van der Waals surface area contributed by atoms with Gasteiger partial charge in [0.1, 0.15) is 6.04 Å². The number of nitrogens with zero attached hydrogens (tertiary/aromatic N) is 1. The summed E-state index contributed by atoms with van der Waals surface area (Å²) in [7, 11) is 0. The monoisotopic (exact) mass is 466 g/mol. The molecule has 4 rings (SSSR count). The molecule has 2 aromatic rings. The van der Waals surface area contributed by atoms with Crippen molar-refractivity contribution in [3.63, 3.8) is 0 Å². The molecule has 2 N–H and O–H groups in total. The van der Waals surface area contributed by atoms with Crippen molar-refractivity contribution in [1.82, 2.24) is 15.5 Å². The van der Waals surface area contributed by atoms with E-state index < -0.39 is 76.9 Å². The minimum absolute atomic E-state index is 0.00409. The fraction of sp³-hybridized carbons (Fsp3) is 0.273. The van der Waals surface area contributed by atoms with Crippen LogP contribution in [0.4, 0.5) is 8.78 Å². The van der Waals surface area contributed by atoms with Crippen molar-refractivity contribution in [1.29, 1.82) is 0 Å². The van der Waals surface area contributed by atoms with Crippen LogP contribution in [0, 0.1) is 0 Å². The largest absolute Gasteiger partial charge is 0.349 e. The zero-order chi connectivity index (χ0) is 27.4. The number of hydrogen-bond acceptors (Lipinski definition) is 4. The van der Waals surface area contributed by atoms with E-state index in [1.165, 1.54) is 23.1 Å². The minimum atomic E-state index is -4.57. The Morgan fingerprint density at radius 2 is 2.00 bits per heavy atom. The summed E-state index contributed by atoms with van der Waals surface area (Å²) in [5.74, 6) is -8.14. The third-order valence-corrected chi connectivity index (χ3v) is 5.36. The summed E-state index contributed by atoms with van der Waals surface area (Å²) in [5, 5.41) is 1.43. The van der Waals surface area contributed by atoms with E-state index in [0.717, 1.165) is 0 Å². The summed E-state index contributed by atoms with van der Waals surface area (Å²) in [6.45, 7) is -0.645. The Morgan fingerprint density at radius 1 is 1.28 bits per heavy atom. The second kappa shape index (κ2) is 8.31. The van der Waals surface area contributed by atoms with Crippen LogP contribution < -0.4 is 10.6 Å². The molecule has 1 saturated heterocycles. The first-order chi connectivity index (χ1) is 17.2. The molecule has 10 heteroatoms.